The Morgan fingerprint density at radius 2 is 2.06 bits per heavy atom. The van der Waals surface area contributed by atoms with Crippen molar-refractivity contribution in [2.75, 3.05) is 13.1 Å². The number of hydrogen-bond donors (Lipinski definition) is 1. The number of carbonyl (C=O) groups is 1. The summed E-state index contributed by atoms with van der Waals surface area (Å²) in [5.41, 5.74) is 0.708. The molecule has 0 aliphatic carbocycles. The average Bonchev–Trinajstić information content (AvgIpc) is 2.83. The summed E-state index contributed by atoms with van der Waals surface area (Å²) >= 11 is 5.85. The summed E-state index contributed by atoms with van der Waals surface area (Å²) in [6, 6.07) is 7.62. The van der Waals surface area contributed by atoms with Gasteiger partial charge in [-0.05, 0) is 51.1 Å². The Hall–Kier alpha value is -1.06. The second-order valence-corrected chi connectivity index (χ2v) is 5.40. The quantitative estimate of drug-likeness (QED) is 0.912. The van der Waals surface area contributed by atoms with Crippen LogP contribution in [0.3, 0.4) is 0 Å². The molecule has 1 heterocycles. The van der Waals surface area contributed by atoms with Gasteiger partial charge in [-0.1, -0.05) is 11.6 Å². The maximum Gasteiger partial charge on any atom is 0.254 e. The Kier molecular flexibility index (Phi) is 4.25. The molecule has 0 spiro atoms. The smallest absolute Gasteiger partial charge is 0.254 e. The number of nitrogens with zero attached hydrogens (tertiary/aromatic N) is 1. The summed E-state index contributed by atoms with van der Waals surface area (Å²) < 4.78 is 0. The minimum atomic E-state index is 0.0929. The van der Waals surface area contributed by atoms with Gasteiger partial charge in [0.1, 0.15) is 0 Å². The molecule has 1 fully saturated rings. The van der Waals surface area contributed by atoms with Gasteiger partial charge in [-0.2, -0.15) is 0 Å². The second-order valence-electron chi connectivity index (χ2n) is 4.96. The zero-order valence-corrected chi connectivity index (χ0v) is 11.6. The maximum atomic E-state index is 12.5. The highest BCUT2D eigenvalue weighted by Gasteiger charge is 2.29. The fraction of sp³-hybridized carbons (Fsp3) is 0.500. The van der Waals surface area contributed by atoms with Crippen molar-refractivity contribution < 1.29 is 4.79 Å². The lowest BCUT2D eigenvalue weighted by molar-refractivity contribution is 0.0627. The SMILES string of the molecule is CC(C)N(C(=O)c1ccc(Cl)cc1)C1CCNC1. The van der Waals surface area contributed by atoms with Crippen molar-refractivity contribution in [3.8, 4) is 0 Å². The molecule has 1 saturated heterocycles. The Bertz CT molecular complexity index is 410. The molecule has 1 aliphatic heterocycles. The Morgan fingerprint density at radius 1 is 1.39 bits per heavy atom. The molecule has 0 saturated carbocycles. The summed E-state index contributed by atoms with van der Waals surface area (Å²) in [7, 11) is 0. The zero-order valence-electron chi connectivity index (χ0n) is 10.8. The van der Waals surface area contributed by atoms with Crippen LogP contribution in [0.5, 0.6) is 0 Å². The molecule has 1 unspecified atom stereocenters. The summed E-state index contributed by atoms with van der Waals surface area (Å²) in [4.78, 5) is 14.5. The van der Waals surface area contributed by atoms with Gasteiger partial charge in [-0.15, -0.1) is 0 Å². The van der Waals surface area contributed by atoms with E-state index >= 15 is 0 Å². The molecule has 0 bridgehead atoms. The molecule has 0 radical (unpaired) electrons. The first kappa shape index (κ1) is 13.4. The Labute approximate surface area is 113 Å². The molecular formula is C14H19ClN2O. The third-order valence-corrected chi connectivity index (χ3v) is 3.56. The molecule has 1 aliphatic rings. The fourth-order valence-corrected chi connectivity index (χ4v) is 2.57. The van der Waals surface area contributed by atoms with Gasteiger partial charge in [-0.25, -0.2) is 0 Å². The van der Waals surface area contributed by atoms with Gasteiger partial charge in [0.15, 0.2) is 0 Å². The van der Waals surface area contributed by atoms with E-state index in [1.54, 1.807) is 24.3 Å². The van der Waals surface area contributed by atoms with E-state index in [2.05, 4.69) is 19.2 Å². The molecule has 1 aromatic carbocycles. The zero-order chi connectivity index (χ0) is 13.1. The Balaban J connectivity index is 2.20. The van der Waals surface area contributed by atoms with Crippen molar-refractivity contribution in [3.05, 3.63) is 34.9 Å². The highest BCUT2D eigenvalue weighted by molar-refractivity contribution is 6.30. The third-order valence-electron chi connectivity index (χ3n) is 3.31. The number of carbonyl (C=O) groups excluding carboxylic acids is 1. The lowest BCUT2D eigenvalue weighted by Crippen LogP contribution is -2.45. The fourth-order valence-electron chi connectivity index (χ4n) is 2.44. The number of halogens is 1. The summed E-state index contributed by atoms with van der Waals surface area (Å²) in [6.45, 7) is 6.00. The molecular weight excluding hydrogens is 248 g/mol. The van der Waals surface area contributed by atoms with Gasteiger partial charge in [-0.3, -0.25) is 4.79 Å². The molecule has 98 valence electrons. The van der Waals surface area contributed by atoms with Crippen molar-refractivity contribution in [1.29, 1.82) is 0 Å². The molecule has 1 aromatic rings. The molecule has 4 heteroatoms. The summed E-state index contributed by atoms with van der Waals surface area (Å²) in [5.74, 6) is 0.0929. The number of hydrogen-bond acceptors (Lipinski definition) is 2. The predicted octanol–water partition coefficient (Wildman–Crippen LogP) is 2.55. The van der Waals surface area contributed by atoms with Crippen molar-refractivity contribution in [2.24, 2.45) is 0 Å². The van der Waals surface area contributed by atoms with Crippen LogP contribution in [0.2, 0.25) is 5.02 Å². The van der Waals surface area contributed by atoms with Gasteiger partial charge < -0.3 is 10.2 Å². The van der Waals surface area contributed by atoms with E-state index < -0.39 is 0 Å². The average molecular weight is 267 g/mol. The molecule has 1 atom stereocenters. The minimum Gasteiger partial charge on any atom is -0.332 e. The molecule has 1 amide bonds. The van der Waals surface area contributed by atoms with E-state index in [1.165, 1.54) is 0 Å². The predicted molar refractivity (Wildman–Crippen MR) is 74.0 cm³/mol. The first-order chi connectivity index (χ1) is 8.59. The summed E-state index contributed by atoms with van der Waals surface area (Å²) in [6.07, 6.45) is 1.03. The molecule has 18 heavy (non-hydrogen) atoms. The first-order valence-electron chi connectivity index (χ1n) is 6.38. The molecule has 3 nitrogen and oxygen atoms in total. The maximum absolute atomic E-state index is 12.5. The van der Waals surface area contributed by atoms with Crippen molar-refractivity contribution in [2.45, 2.75) is 32.4 Å². The van der Waals surface area contributed by atoms with Crippen LogP contribution in [0, 0.1) is 0 Å². The lowest BCUT2D eigenvalue weighted by Gasteiger charge is -2.32. The highest BCUT2D eigenvalue weighted by Crippen LogP contribution is 2.18. The van der Waals surface area contributed by atoms with Crippen molar-refractivity contribution >= 4 is 17.5 Å². The summed E-state index contributed by atoms with van der Waals surface area (Å²) in [5, 5.41) is 3.97. The van der Waals surface area contributed by atoms with Gasteiger partial charge in [0.25, 0.3) is 5.91 Å². The highest BCUT2D eigenvalue weighted by atomic mass is 35.5. The van der Waals surface area contributed by atoms with E-state index in [-0.39, 0.29) is 11.9 Å². The van der Waals surface area contributed by atoms with Crippen LogP contribution in [-0.4, -0.2) is 36.0 Å². The number of rotatable bonds is 3. The van der Waals surface area contributed by atoms with E-state index in [1.807, 2.05) is 4.90 Å². The van der Waals surface area contributed by atoms with Crippen molar-refractivity contribution in [1.82, 2.24) is 10.2 Å². The van der Waals surface area contributed by atoms with Crippen molar-refractivity contribution in [3.63, 3.8) is 0 Å². The van der Waals surface area contributed by atoms with Gasteiger partial charge in [0, 0.05) is 29.2 Å². The van der Waals surface area contributed by atoms with Gasteiger partial charge in [0.05, 0.1) is 0 Å². The Morgan fingerprint density at radius 3 is 2.56 bits per heavy atom. The topological polar surface area (TPSA) is 32.3 Å². The number of amides is 1. The van der Waals surface area contributed by atoms with Crippen LogP contribution in [0.25, 0.3) is 0 Å². The van der Waals surface area contributed by atoms with Crippen LogP contribution in [0.4, 0.5) is 0 Å². The minimum absolute atomic E-state index is 0.0929. The number of benzene rings is 1. The van der Waals surface area contributed by atoms with E-state index in [0.29, 0.717) is 16.6 Å². The van der Waals surface area contributed by atoms with Crippen LogP contribution in [-0.2, 0) is 0 Å². The lowest BCUT2D eigenvalue weighted by atomic mass is 10.1. The first-order valence-corrected chi connectivity index (χ1v) is 6.76. The number of nitrogens with one attached hydrogen (secondary N) is 1. The van der Waals surface area contributed by atoms with Gasteiger partial charge >= 0.3 is 0 Å². The monoisotopic (exact) mass is 266 g/mol. The van der Waals surface area contributed by atoms with E-state index in [0.717, 1.165) is 19.5 Å². The largest absolute Gasteiger partial charge is 0.332 e. The van der Waals surface area contributed by atoms with Crippen LogP contribution >= 0.6 is 11.6 Å². The normalized spacial score (nSPS) is 19.2. The van der Waals surface area contributed by atoms with E-state index in [9.17, 15) is 4.79 Å². The van der Waals surface area contributed by atoms with E-state index in [4.69, 9.17) is 11.6 Å². The molecule has 0 aromatic heterocycles. The van der Waals surface area contributed by atoms with Crippen LogP contribution < -0.4 is 5.32 Å². The molecule has 1 N–H and O–H groups in total. The molecule has 2 rings (SSSR count). The third kappa shape index (κ3) is 2.85. The second kappa shape index (κ2) is 5.72. The standard InChI is InChI=1S/C14H19ClN2O/c1-10(2)17(13-7-8-16-9-13)14(18)11-3-5-12(15)6-4-11/h3-6,10,13,16H,7-9H2,1-2H3. The van der Waals surface area contributed by atoms with Crippen LogP contribution in [0.15, 0.2) is 24.3 Å². The van der Waals surface area contributed by atoms with Crippen LogP contribution in [0.1, 0.15) is 30.6 Å². The van der Waals surface area contributed by atoms with Gasteiger partial charge in [0.2, 0.25) is 0 Å².